The number of benzene rings is 1. The Bertz CT molecular complexity index is 628. The molecule has 1 aromatic carbocycles. The van der Waals surface area contributed by atoms with Gasteiger partial charge in [-0.3, -0.25) is 0 Å². The van der Waals surface area contributed by atoms with Gasteiger partial charge < -0.3 is 59.8 Å². The molecule has 2 saturated heterocycles. The van der Waals surface area contributed by atoms with Crippen molar-refractivity contribution in [2.75, 3.05) is 13.2 Å². The zero-order valence-electron chi connectivity index (χ0n) is 15.7. The van der Waals surface area contributed by atoms with Gasteiger partial charge in [0, 0.05) is 0 Å². The summed E-state index contributed by atoms with van der Waals surface area (Å²) in [5, 5.41) is 78.3. The van der Waals surface area contributed by atoms with Crippen LogP contribution in [0.5, 0.6) is 11.5 Å². The summed E-state index contributed by atoms with van der Waals surface area (Å²) in [6.45, 7) is -1.26. The highest BCUT2D eigenvalue weighted by atomic mass is 16.7. The van der Waals surface area contributed by atoms with E-state index in [1.165, 1.54) is 12.1 Å². The third-order valence-corrected chi connectivity index (χ3v) is 5.03. The Morgan fingerprint density at radius 1 is 0.600 bits per heavy atom. The second-order valence-corrected chi connectivity index (χ2v) is 7.08. The normalized spacial score (nSPS) is 42.0. The van der Waals surface area contributed by atoms with Gasteiger partial charge in [-0.1, -0.05) is 12.1 Å². The first-order valence-corrected chi connectivity index (χ1v) is 9.31. The van der Waals surface area contributed by atoms with Crippen molar-refractivity contribution < 1.29 is 59.8 Å². The van der Waals surface area contributed by atoms with E-state index < -0.39 is 74.6 Å². The van der Waals surface area contributed by atoms with E-state index in [1.807, 2.05) is 0 Å². The summed E-state index contributed by atoms with van der Waals surface area (Å²) in [6.07, 6.45) is -15.0. The summed E-state index contributed by atoms with van der Waals surface area (Å²) in [5.41, 5.74) is 0. The lowest BCUT2D eigenvalue weighted by molar-refractivity contribution is -0.282. The van der Waals surface area contributed by atoms with Crippen molar-refractivity contribution in [3.8, 4) is 11.5 Å². The predicted molar refractivity (Wildman–Crippen MR) is 95.2 cm³/mol. The molecule has 10 atom stereocenters. The standard InChI is InChI=1S/C18H26O12/c19-5-9-11(21)13(23)15(25)17(29-9)27-7-3-1-2-4-8(7)28-18-16(26)14(24)12(22)10(6-20)30-18/h1-4,9-26H,5-6H2/t9-,10-,11-,12-,13+,14+,15-,16-,17-,18-/m1/s1. The third-order valence-electron chi connectivity index (χ3n) is 5.03. The first-order valence-electron chi connectivity index (χ1n) is 9.31. The number of hydrogen-bond acceptors (Lipinski definition) is 12. The van der Waals surface area contributed by atoms with E-state index in [-0.39, 0.29) is 11.5 Å². The molecule has 2 heterocycles. The molecule has 0 saturated carbocycles. The van der Waals surface area contributed by atoms with Crippen LogP contribution in [0.2, 0.25) is 0 Å². The van der Waals surface area contributed by atoms with Crippen LogP contribution < -0.4 is 9.47 Å². The van der Waals surface area contributed by atoms with Gasteiger partial charge in [-0.05, 0) is 12.1 Å². The lowest BCUT2D eigenvalue weighted by Gasteiger charge is -2.40. The summed E-state index contributed by atoms with van der Waals surface area (Å²) >= 11 is 0. The average molecular weight is 434 g/mol. The fourth-order valence-corrected chi connectivity index (χ4v) is 3.22. The van der Waals surface area contributed by atoms with Gasteiger partial charge in [0.2, 0.25) is 12.6 Å². The van der Waals surface area contributed by atoms with E-state index in [9.17, 15) is 40.9 Å². The maximum absolute atomic E-state index is 10.1. The number of ether oxygens (including phenoxy) is 4. The molecule has 2 aliphatic rings. The van der Waals surface area contributed by atoms with Crippen molar-refractivity contribution in [3.05, 3.63) is 24.3 Å². The molecule has 2 fully saturated rings. The zero-order chi connectivity index (χ0) is 22.0. The van der Waals surface area contributed by atoms with Crippen LogP contribution in [-0.4, -0.2) is 115 Å². The summed E-state index contributed by atoms with van der Waals surface area (Å²) < 4.78 is 21.7. The lowest BCUT2D eigenvalue weighted by atomic mass is 9.99. The Balaban J connectivity index is 1.76. The molecule has 0 spiro atoms. The molecule has 12 heteroatoms. The number of aliphatic hydroxyl groups is 8. The maximum Gasteiger partial charge on any atom is 0.229 e. The molecule has 0 aromatic heterocycles. The number of aliphatic hydroxyl groups excluding tert-OH is 8. The molecule has 0 aliphatic carbocycles. The minimum atomic E-state index is -1.65. The molecule has 0 amide bonds. The summed E-state index contributed by atoms with van der Waals surface area (Å²) in [6, 6.07) is 5.94. The molecular weight excluding hydrogens is 408 g/mol. The summed E-state index contributed by atoms with van der Waals surface area (Å²) in [4.78, 5) is 0. The minimum Gasteiger partial charge on any atom is -0.458 e. The van der Waals surface area contributed by atoms with Gasteiger partial charge in [-0.25, -0.2) is 0 Å². The van der Waals surface area contributed by atoms with Gasteiger partial charge in [-0.15, -0.1) is 0 Å². The van der Waals surface area contributed by atoms with Crippen LogP contribution in [0.3, 0.4) is 0 Å². The Kier molecular flexibility index (Phi) is 7.47. The van der Waals surface area contributed by atoms with E-state index >= 15 is 0 Å². The second kappa shape index (κ2) is 9.70. The molecule has 170 valence electrons. The highest BCUT2D eigenvalue weighted by molar-refractivity contribution is 5.39. The first-order chi connectivity index (χ1) is 14.3. The van der Waals surface area contributed by atoms with Crippen molar-refractivity contribution >= 4 is 0 Å². The molecule has 12 nitrogen and oxygen atoms in total. The molecule has 30 heavy (non-hydrogen) atoms. The van der Waals surface area contributed by atoms with Gasteiger partial charge in [0.25, 0.3) is 0 Å². The van der Waals surface area contributed by atoms with Gasteiger partial charge in [-0.2, -0.15) is 0 Å². The van der Waals surface area contributed by atoms with E-state index in [0.717, 1.165) is 0 Å². The Hall–Kier alpha value is -1.58. The van der Waals surface area contributed by atoms with Crippen LogP contribution in [0.25, 0.3) is 0 Å². The zero-order valence-corrected chi connectivity index (χ0v) is 15.7. The number of hydrogen-bond donors (Lipinski definition) is 8. The van der Waals surface area contributed by atoms with Gasteiger partial charge in [0.1, 0.15) is 48.8 Å². The van der Waals surface area contributed by atoms with E-state index in [2.05, 4.69) is 0 Å². The molecule has 8 N–H and O–H groups in total. The molecule has 0 bridgehead atoms. The van der Waals surface area contributed by atoms with Crippen LogP contribution in [0.4, 0.5) is 0 Å². The topological polar surface area (TPSA) is 199 Å². The monoisotopic (exact) mass is 434 g/mol. The summed E-state index contributed by atoms with van der Waals surface area (Å²) in [5.74, 6) is -0.0300. The van der Waals surface area contributed by atoms with Crippen LogP contribution in [0.15, 0.2) is 24.3 Å². The van der Waals surface area contributed by atoms with E-state index in [0.29, 0.717) is 0 Å². The van der Waals surface area contributed by atoms with E-state index in [4.69, 9.17) is 18.9 Å². The lowest BCUT2D eigenvalue weighted by Crippen LogP contribution is -2.60. The van der Waals surface area contributed by atoms with Crippen molar-refractivity contribution in [1.29, 1.82) is 0 Å². The fourth-order valence-electron chi connectivity index (χ4n) is 3.22. The van der Waals surface area contributed by atoms with Crippen molar-refractivity contribution in [2.24, 2.45) is 0 Å². The fraction of sp³-hybridized carbons (Fsp3) is 0.667. The maximum atomic E-state index is 10.1. The largest absolute Gasteiger partial charge is 0.458 e. The molecular formula is C18H26O12. The Morgan fingerprint density at radius 2 is 0.967 bits per heavy atom. The summed E-state index contributed by atoms with van der Waals surface area (Å²) in [7, 11) is 0. The van der Waals surface area contributed by atoms with Gasteiger partial charge in [0.05, 0.1) is 13.2 Å². The molecule has 0 unspecified atom stereocenters. The van der Waals surface area contributed by atoms with Crippen molar-refractivity contribution in [1.82, 2.24) is 0 Å². The van der Waals surface area contributed by atoms with Crippen LogP contribution in [-0.2, 0) is 9.47 Å². The number of para-hydroxylation sites is 2. The van der Waals surface area contributed by atoms with E-state index in [1.54, 1.807) is 12.1 Å². The highest BCUT2D eigenvalue weighted by Crippen LogP contribution is 2.33. The number of rotatable bonds is 6. The highest BCUT2D eigenvalue weighted by Gasteiger charge is 2.46. The SMILES string of the molecule is OC[C@H]1O[C@@H](Oc2ccccc2O[C@@H]2O[C@H](CO)[C@@H](O)[C@H](O)[C@H]2O)[C@H](O)[C@@H](O)[C@@H]1O. The smallest absolute Gasteiger partial charge is 0.229 e. The van der Waals surface area contributed by atoms with Crippen LogP contribution in [0, 0.1) is 0 Å². The third kappa shape index (κ3) is 4.53. The first kappa shape index (κ1) is 23.1. The van der Waals surface area contributed by atoms with Crippen molar-refractivity contribution in [3.63, 3.8) is 0 Å². The van der Waals surface area contributed by atoms with Gasteiger partial charge >= 0.3 is 0 Å². The predicted octanol–water partition coefficient (Wildman–Crippen LogP) is -3.96. The molecule has 1 aromatic rings. The molecule has 0 radical (unpaired) electrons. The average Bonchev–Trinajstić information content (AvgIpc) is 2.75. The Labute approximate surface area is 171 Å². The minimum absolute atomic E-state index is 0.0150. The second-order valence-electron chi connectivity index (χ2n) is 7.08. The Morgan fingerprint density at radius 3 is 1.30 bits per heavy atom. The van der Waals surface area contributed by atoms with Crippen LogP contribution in [0.1, 0.15) is 0 Å². The van der Waals surface area contributed by atoms with Crippen molar-refractivity contribution in [2.45, 2.75) is 61.4 Å². The molecule has 3 rings (SSSR count). The van der Waals surface area contributed by atoms with Crippen LogP contribution >= 0.6 is 0 Å². The quantitative estimate of drug-likeness (QED) is 0.216. The molecule has 2 aliphatic heterocycles. The van der Waals surface area contributed by atoms with Gasteiger partial charge in [0.15, 0.2) is 11.5 Å².